The summed E-state index contributed by atoms with van der Waals surface area (Å²) < 4.78 is 4.36. The molecule has 3 unspecified atom stereocenters. The molecule has 2 aliphatic rings. The van der Waals surface area contributed by atoms with Gasteiger partial charge in [-0.3, -0.25) is 9.58 Å². The van der Waals surface area contributed by atoms with Gasteiger partial charge >= 0.3 is 0 Å². The van der Waals surface area contributed by atoms with E-state index in [2.05, 4.69) is 14.6 Å². The number of aromatic nitrogens is 4. The number of imidazole rings is 1. The van der Waals surface area contributed by atoms with Gasteiger partial charge in [0.25, 0.3) is 0 Å². The van der Waals surface area contributed by atoms with Crippen molar-refractivity contribution in [2.24, 2.45) is 7.05 Å². The van der Waals surface area contributed by atoms with Gasteiger partial charge in [-0.1, -0.05) is 0 Å². The van der Waals surface area contributed by atoms with Crippen LogP contribution in [0.3, 0.4) is 0 Å². The fourth-order valence-corrected chi connectivity index (χ4v) is 4.43. The molecule has 2 fully saturated rings. The zero-order valence-electron chi connectivity index (χ0n) is 12.9. The maximum Gasteiger partial charge on any atom is 0.159 e. The summed E-state index contributed by atoms with van der Waals surface area (Å²) in [5.74, 6) is 1.00. The molecule has 2 saturated heterocycles. The van der Waals surface area contributed by atoms with E-state index in [1.54, 1.807) is 0 Å². The Kier molecular flexibility index (Phi) is 3.05. The number of fused-ring (bicyclic) bond motifs is 2. The second-order valence-corrected chi connectivity index (χ2v) is 7.09. The molecule has 0 spiro atoms. The van der Waals surface area contributed by atoms with Gasteiger partial charge in [0.1, 0.15) is 11.3 Å². The molecule has 2 aromatic heterocycles. The van der Waals surface area contributed by atoms with E-state index in [-0.39, 0.29) is 5.38 Å². The van der Waals surface area contributed by atoms with Crippen molar-refractivity contribution >= 4 is 22.8 Å². The zero-order valence-corrected chi connectivity index (χ0v) is 13.6. The molecular weight excluding hydrogens is 286 g/mol. The molecule has 114 valence electrons. The third-order valence-corrected chi connectivity index (χ3v) is 5.32. The van der Waals surface area contributed by atoms with Gasteiger partial charge in [-0.15, -0.1) is 11.6 Å². The molecule has 0 aromatic carbocycles. The lowest BCUT2D eigenvalue weighted by Gasteiger charge is -2.24. The SMILES string of the molecule is Cc1nn(C)c2c1nc(C(C)Cl)n2C1CCN2CCCC12. The van der Waals surface area contributed by atoms with Crippen LogP contribution in [0.4, 0.5) is 0 Å². The smallest absolute Gasteiger partial charge is 0.159 e. The number of nitrogens with zero attached hydrogens (tertiary/aromatic N) is 5. The summed E-state index contributed by atoms with van der Waals surface area (Å²) >= 11 is 6.44. The molecule has 21 heavy (non-hydrogen) atoms. The molecule has 0 radical (unpaired) electrons. The summed E-state index contributed by atoms with van der Waals surface area (Å²) in [6.07, 6.45) is 3.80. The lowest BCUT2D eigenvalue weighted by molar-refractivity contribution is 0.289. The largest absolute Gasteiger partial charge is 0.307 e. The third-order valence-electron chi connectivity index (χ3n) is 5.12. The van der Waals surface area contributed by atoms with Crippen LogP contribution >= 0.6 is 11.6 Å². The van der Waals surface area contributed by atoms with Crippen molar-refractivity contribution in [2.75, 3.05) is 13.1 Å². The first-order valence-corrected chi connectivity index (χ1v) is 8.31. The van der Waals surface area contributed by atoms with Gasteiger partial charge in [-0.2, -0.15) is 5.10 Å². The first kappa shape index (κ1) is 13.6. The summed E-state index contributed by atoms with van der Waals surface area (Å²) in [4.78, 5) is 7.45. The summed E-state index contributed by atoms with van der Waals surface area (Å²) in [5, 5.41) is 4.47. The molecule has 2 aliphatic heterocycles. The van der Waals surface area contributed by atoms with Crippen molar-refractivity contribution in [3.05, 3.63) is 11.5 Å². The van der Waals surface area contributed by atoms with Crippen molar-refractivity contribution in [1.82, 2.24) is 24.2 Å². The van der Waals surface area contributed by atoms with Crippen LogP contribution in [0, 0.1) is 6.92 Å². The molecule has 5 nitrogen and oxygen atoms in total. The van der Waals surface area contributed by atoms with Crippen molar-refractivity contribution in [2.45, 2.75) is 50.6 Å². The Hall–Kier alpha value is -1.07. The van der Waals surface area contributed by atoms with Gasteiger partial charge in [-0.25, -0.2) is 4.98 Å². The molecule has 0 bridgehead atoms. The lowest BCUT2D eigenvalue weighted by Crippen LogP contribution is -2.28. The lowest BCUT2D eigenvalue weighted by atomic mass is 10.1. The molecule has 0 aliphatic carbocycles. The highest BCUT2D eigenvalue weighted by atomic mass is 35.5. The van der Waals surface area contributed by atoms with Crippen LogP contribution in [0.15, 0.2) is 0 Å². The maximum atomic E-state index is 6.44. The Morgan fingerprint density at radius 3 is 2.81 bits per heavy atom. The topological polar surface area (TPSA) is 38.9 Å². The molecule has 3 atom stereocenters. The van der Waals surface area contributed by atoms with E-state index >= 15 is 0 Å². The average Bonchev–Trinajstić information content (AvgIpc) is 3.13. The highest BCUT2D eigenvalue weighted by Crippen LogP contribution is 2.40. The highest BCUT2D eigenvalue weighted by molar-refractivity contribution is 6.20. The van der Waals surface area contributed by atoms with Crippen LogP contribution in [0.25, 0.3) is 11.2 Å². The molecule has 0 amide bonds. The maximum absolute atomic E-state index is 6.44. The second-order valence-electron chi connectivity index (χ2n) is 6.44. The average molecular weight is 308 g/mol. The number of aryl methyl sites for hydroxylation is 2. The first-order chi connectivity index (χ1) is 10.1. The summed E-state index contributed by atoms with van der Waals surface area (Å²) in [6.45, 7) is 6.49. The normalized spacial score (nSPS) is 27.6. The van der Waals surface area contributed by atoms with E-state index in [1.165, 1.54) is 32.4 Å². The third kappa shape index (κ3) is 1.87. The monoisotopic (exact) mass is 307 g/mol. The zero-order chi connectivity index (χ0) is 14.7. The van der Waals surface area contributed by atoms with Crippen LogP contribution in [-0.4, -0.2) is 43.4 Å². The molecule has 4 rings (SSSR count). The Morgan fingerprint density at radius 1 is 1.24 bits per heavy atom. The van der Waals surface area contributed by atoms with Crippen molar-refractivity contribution < 1.29 is 0 Å². The van der Waals surface area contributed by atoms with E-state index in [4.69, 9.17) is 16.6 Å². The van der Waals surface area contributed by atoms with Gasteiger partial charge < -0.3 is 4.57 Å². The fraction of sp³-hybridized carbons (Fsp3) is 0.733. The van der Waals surface area contributed by atoms with Crippen LogP contribution in [0.1, 0.15) is 49.1 Å². The minimum Gasteiger partial charge on any atom is -0.307 e. The Labute approximate surface area is 129 Å². The minimum atomic E-state index is -0.0766. The van der Waals surface area contributed by atoms with E-state index in [1.807, 2.05) is 25.6 Å². The Bertz CT molecular complexity index is 686. The van der Waals surface area contributed by atoms with Crippen molar-refractivity contribution in [1.29, 1.82) is 0 Å². The van der Waals surface area contributed by atoms with E-state index in [0.29, 0.717) is 12.1 Å². The van der Waals surface area contributed by atoms with E-state index < -0.39 is 0 Å². The number of hydrogen-bond donors (Lipinski definition) is 0. The van der Waals surface area contributed by atoms with Crippen molar-refractivity contribution in [3.8, 4) is 0 Å². The molecule has 0 N–H and O–H groups in total. The Balaban J connectivity index is 1.91. The summed E-state index contributed by atoms with van der Waals surface area (Å²) in [6, 6.07) is 1.13. The standard InChI is InChI=1S/C15H22ClN5/c1-9(16)14-17-13-10(2)18-19(3)15(13)21(14)12-6-8-20-7-4-5-11(12)20/h9,11-12H,4-8H2,1-3H3. The van der Waals surface area contributed by atoms with Gasteiger partial charge in [0.15, 0.2) is 5.65 Å². The van der Waals surface area contributed by atoms with Crippen LogP contribution in [0.5, 0.6) is 0 Å². The molecule has 6 heteroatoms. The van der Waals surface area contributed by atoms with E-state index in [0.717, 1.165) is 22.7 Å². The first-order valence-electron chi connectivity index (χ1n) is 7.87. The van der Waals surface area contributed by atoms with Crippen LogP contribution in [-0.2, 0) is 7.05 Å². The predicted octanol–water partition coefficient (Wildman–Crippen LogP) is 2.79. The van der Waals surface area contributed by atoms with Crippen LogP contribution < -0.4 is 0 Å². The highest BCUT2D eigenvalue weighted by Gasteiger charge is 2.40. The van der Waals surface area contributed by atoms with Gasteiger partial charge in [0, 0.05) is 19.6 Å². The Morgan fingerprint density at radius 2 is 2.05 bits per heavy atom. The second kappa shape index (κ2) is 4.71. The molecule has 0 saturated carbocycles. The summed E-state index contributed by atoms with van der Waals surface area (Å²) in [5.41, 5.74) is 3.14. The van der Waals surface area contributed by atoms with Crippen molar-refractivity contribution in [3.63, 3.8) is 0 Å². The van der Waals surface area contributed by atoms with Crippen LogP contribution in [0.2, 0.25) is 0 Å². The van der Waals surface area contributed by atoms with Gasteiger partial charge in [-0.05, 0) is 39.7 Å². The number of rotatable bonds is 2. The number of hydrogen-bond acceptors (Lipinski definition) is 3. The summed E-state index contributed by atoms with van der Waals surface area (Å²) in [7, 11) is 2.01. The van der Waals surface area contributed by atoms with Gasteiger partial charge in [0.05, 0.1) is 17.1 Å². The quantitative estimate of drug-likeness (QED) is 0.801. The number of halogens is 1. The molecular formula is C15H22ClN5. The molecule has 2 aromatic rings. The minimum absolute atomic E-state index is 0.0766. The fourth-order valence-electron chi connectivity index (χ4n) is 4.28. The molecule has 4 heterocycles. The number of alkyl halides is 1. The van der Waals surface area contributed by atoms with Gasteiger partial charge in [0.2, 0.25) is 0 Å². The predicted molar refractivity (Wildman–Crippen MR) is 83.8 cm³/mol. The van der Waals surface area contributed by atoms with E-state index in [9.17, 15) is 0 Å².